The lowest BCUT2D eigenvalue weighted by Gasteiger charge is -1.99. The highest BCUT2D eigenvalue weighted by Crippen LogP contribution is 1.87. The van der Waals surface area contributed by atoms with Gasteiger partial charge < -0.3 is 10.4 Å². The largest absolute Gasteiger partial charge is 0.481 e. The summed E-state index contributed by atoms with van der Waals surface area (Å²) in [6, 6.07) is 0. The number of carbonyl (C=O) groups excluding carboxylic acids is 2. The van der Waals surface area contributed by atoms with Crippen molar-refractivity contribution in [1.29, 1.82) is 0 Å². The van der Waals surface area contributed by atoms with E-state index in [4.69, 9.17) is 5.11 Å². The van der Waals surface area contributed by atoms with E-state index in [0.717, 1.165) is 0 Å². The summed E-state index contributed by atoms with van der Waals surface area (Å²) in [5, 5.41) is 10.5. The predicted octanol–water partition coefficient (Wildman–Crippen LogP) is 0.973. The number of aliphatic carboxylic acids is 1. The molecule has 0 bridgehead atoms. The van der Waals surface area contributed by atoms with Crippen LogP contribution in [0.2, 0.25) is 0 Å². The van der Waals surface area contributed by atoms with Crippen molar-refractivity contribution in [2.45, 2.75) is 40.0 Å². The molecule has 0 aliphatic carbocycles. The van der Waals surface area contributed by atoms with Crippen LogP contribution >= 0.6 is 0 Å². The number of carboxylic acid groups (broad SMARTS) is 1. The number of Topliss-reactive ketones (excluding diaryl/α,β-unsaturated/α-hetero) is 1. The van der Waals surface area contributed by atoms with Gasteiger partial charge in [-0.3, -0.25) is 14.4 Å². The Morgan fingerprint density at radius 2 is 1.60 bits per heavy atom. The number of hydrogen-bond acceptors (Lipinski definition) is 3. The molecule has 0 atom stereocenters. The zero-order valence-corrected chi connectivity index (χ0v) is 9.50. The maximum atomic E-state index is 10.7. The lowest BCUT2D eigenvalue weighted by molar-refractivity contribution is -0.138. The van der Waals surface area contributed by atoms with Crippen LogP contribution in [-0.4, -0.2) is 29.3 Å². The maximum Gasteiger partial charge on any atom is 0.303 e. The lowest BCUT2D eigenvalue weighted by Crippen LogP contribution is -2.28. The molecule has 0 radical (unpaired) electrons. The Bertz CT molecular complexity index is 193. The molecule has 0 fully saturated rings. The predicted molar refractivity (Wildman–Crippen MR) is 56.5 cm³/mol. The molecule has 0 saturated carbocycles. The van der Waals surface area contributed by atoms with E-state index in [1.165, 1.54) is 13.3 Å². The van der Waals surface area contributed by atoms with Crippen molar-refractivity contribution in [2.24, 2.45) is 0 Å². The second-order valence-electron chi connectivity index (χ2n) is 3.08. The zero-order valence-electron chi connectivity index (χ0n) is 9.50. The van der Waals surface area contributed by atoms with E-state index >= 15 is 0 Å². The number of ketones is 1. The van der Waals surface area contributed by atoms with Crippen LogP contribution in [0.5, 0.6) is 0 Å². The fraction of sp³-hybridized carbons (Fsp3) is 0.700. The van der Waals surface area contributed by atoms with Gasteiger partial charge in [0.2, 0.25) is 5.91 Å². The molecule has 0 aliphatic heterocycles. The fourth-order valence-electron chi connectivity index (χ4n) is 0.532. The summed E-state index contributed by atoms with van der Waals surface area (Å²) in [6.45, 7) is 5.57. The highest BCUT2D eigenvalue weighted by Gasteiger charge is 2.04. The average Bonchev–Trinajstić information content (AvgIpc) is 2.12. The minimum atomic E-state index is -1.02. The third-order valence-corrected chi connectivity index (χ3v) is 1.10. The molecule has 88 valence electrons. The van der Waals surface area contributed by atoms with Crippen LogP contribution in [-0.2, 0) is 14.4 Å². The van der Waals surface area contributed by atoms with E-state index in [9.17, 15) is 14.4 Å². The van der Waals surface area contributed by atoms with Gasteiger partial charge in [-0.25, -0.2) is 0 Å². The molecule has 0 aromatic rings. The van der Waals surface area contributed by atoms with Gasteiger partial charge in [0.1, 0.15) is 5.78 Å². The van der Waals surface area contributed by atoms with Crippen LogP contribution in [0.25, 0.3) is 0 Å². The van der Waals surface area contributed by atoms with E-state index in [1.807, 2.05) is 0 Å². The van der Waals surface area contributed by atoms with Gasteiger partial charge in [0, 0.05) is 6.42 Å². The summed E-state index contributed by atoms with van der Waals surface area (Å²) in [6.07, 6.45) is 0.965. The average molecular weight is 217 g/mol. The molecule has 0 spiro atoms. The highest BCUT2D eigenvalue weighted by molar-refractivity contribution is 5.85. The van der Waals surface area contributed by atoms with E-state index in [0.29, 0.717) is 0 Å². The lowest BCUT2D eigenvalue weighted by atomic mass is 10.3. The van der Waals surface area contributed by atoms with Crippen molar-refractivity contribution < 1.29 is 19.5 Å². The van der Waals surface area contributed by atoms with E-state index in [-0.39, 0.29) is 25.2 Å². The topological polar surface area (TPSA) is 83.5 Å². The monoisotopic (exact) mass is 217 g/mol. The van der Waals surface area contributed by atoms with E-state index in [2.05, 4.69) is 19.2 Å². The molecule has 0 aromatic carbocycles. The minimum absolute atomic E-state index is 0.0293. The standard InChI is InChI=1S/C7H11NO4.C3H8/c1-5(9)4-8-6(10)2-3-7(11)12;1-3-2/h2-4H2,1H3,(H,8,10)(H,11,12);3H2,1-2H3. The Morgan fingerprint density at radius 1 is 1.13 bits per heavy atom. The number of carboxylic acids is 1. The normalized spacial score (nSPS) is 8.47. The van der Waals surface area contributed by atoms with Crippen molar-refractivity contribution >= 4 is 17.7 Å². The molecule has 0 rings (SSSR count). The van der Waals surface area contributed by atoms with Gasteiger partial charge in [-0.2, -0.15) is 0 Å². The summed E-state index contributed by atoms with van der Waals surface area (Å²) >= 11 is 0. The van der Waals surface area contributed by atoms with Crippen molar-refractivity contribution in [3.05, 3.63) is 0 Å². The molecule has 0 aromatic heterocycles. The number of amides is 1. The van der Waals surface area contributed by atoms with Crippen LogP contribution in [0.15, 0.2) is 0 Å². The molecule has 2 N–H and O–H groups in total. The summed E-state index contributed by atoms with van der Waals surface area (Å²) in [7, 11) is 0. The van der Waals surface area contributed by atoms with Gasteiger partial charge in [0.05, 0.1) is 13.0 Å². The molecular weight excluding hydrogens is 198 g/mol. The first-order valence-corrected chi connectivity index (χ1v) is 4.91. The molecule has 5 heteroatoms. The van der Waals surface area contributed by atoms with Crippen LogP contribution < -0.4 is 5.32 Å². The Kier molecular flexibility index (Phi) is 11.4. The van der Waals surface area contributed by atoms with Gasteiger partial charge in [0.15, 0.2) is 0 Å². The van der Waals surface area contributed by atoms with Crippen molar-refractivity contribution in [2.75, 3.05) is 6.54 Å². The third kappa shape index (κ3) is 19.1. The number of hydrogen-bond donors (Lipinski definition) is 2. The first-order chi connectivity index (χ1) is 6.93. The Balaban J connectivity index is 0. The van der Waals surface area contributed by atoms with Gasteiger partial charge in [-0.1, -0.05) is 20.3 Å². The molecule has 0 heterocycles. The smallest absolute Gasteiger partial charge is 0.303 e. The van der Waals surface area contributed by atoms with Crippen LogP contribution in [0.4, 0.5) is 0 Å². The quantitative estimate of drug-likeness (QED) is 0.718. The van der Waals surface area contributed by atoms with Gasteiger partial charge >= 0.3 is 5.97 Å². The van der Waals surface area contributed by atoms with E-state index < -0.39 is 11.9 Å². The summed E-state index contributed by atoms with van der Waals surface area (Å²) < 4.78 is 0. The fourth-order valence-corrected chi connectivity index (χ4v) is 0.532. The SMILES string of the molecule is CC(=O)CNC(=O)CCC(=O)O.CCC. The Labute approximate surface area is 89.9 Å². The first kappa shape index (κ1) is 16.1. The molecule has 0 saturated heterocycles. The summed E-state index contributed by atoms with van der Waals surface area (Å²) in [4.78, 5) is 31.1. The molecule has 0 aliphatic rings. The Hall–Kier alpha value is -1.39. The molecule has 0 unspecified atom stereocenters. The van der Waals surface area contributed by atoms with Crippen molar-refractivity contribution in [3.8, 4) is 0 Å². The number of carbonyl (C=O) groups is 3. The van der Waals surface area contributed by atoms with Crippen LogP contribution in [0, 0.1) is 0 Å². The maximum absolute atomic E-state index is 10.7. The van der Waals surface area contributed by atoms with Gasteiger partial charge in [0.25, 0.3) is 0 Å². The molecule has 15 heavy (non-hydrogen) atoms. The third-order valence-electron chi connectivity index (χ3n) is 1.10. The molecule has 5 nitrogen and oxygen atoms in total. The summed E-state index contributed by atoms with van der Waals surface area (Å²) in [5.74, 6) is -1.58. The van der Waals surface area contributed by atoms with Crippen molar-refractivity contribution in [1.82, 2.24) is 5.32 Å². The van der Waals surface area contributed by atoms with Gasteiger partial charge in [-0.15, -0.1) is 0 Å². The summed E-state index contributed by atoms with van der Waals surface area (Å²) in [5.41, 5.74) is 0. The zero-order chi connectivity index (χ0) is 12.3. The van der Waals surface area contributed by atoms with E-state index in [1.54, 1.807) is 0 Å². The van der Waals surface area contributed by atoms with Crippen molar-refractivity contribution in [3.63, 3.8) is 0 Å². The first-order valence-electron chi connectivity index (χ1n) is 4.91. The molecular formula is C10H19NO4. The number of rotatable bonds is 5. The van der Waals surface area contributed by atoms with Gasteiger partial charge in [-0.05, 0) is 6.92 Å². The second kappa shape index (κ2) is 10.7. The second-order valence-corrected chi connectivity index (χ2v) is 3.08. The Morgan fingerprint density at radius 3 is 1.93 bits per heavy atom. The van der Waals surface area contributed by atoms with Crippen LogP contribution in [0.1, 0.15) is 40.0 Å². The number of nitrogens with one attached hydrogen (secondary N) is 1. The highest BCUT2D eigenvalue weighted by atomic mass is 16.4. The minimum Gasteiger partial charge on any atom is -0.481 e. The molecule has 1 amide bonds. The van der Waals surface area contributed by atoms with Crippen LogP contribution in [0.3, 0.4) is 0 Å².